The molecule has 9 heterocycles. The van der Waals surface area contributed by atoms with Gasteiger partial charge >= 0.3 is 30.8 Å². The summed E-state index contributed by atoms with van der Waals surface area (Å²) in [6.07, 6.45) is 20.9. The average Bonchev–Trinajstić information content (AvgIpc) is 1.14. The summed E-state index contributed by atoms with van der Waals surface area (Å²) in [7, 11) is 0. The van der Waals surface area contributed by atoms with Crippen molar-refractivity contribution in [3.8, 4) is 0 Å². The molecule has 0 N–H and O–H groups in total. The van der Waals surface area contributed by atoms with E-state index in [9.17, 15) is 0 Å². The Morgan fingerprint density at radius 3 is 0.680 bits per heavy atom. The molecule has 0 fully saturated rings. The third kappa shape index (κ3) is 58.5. The normalized spacial score (nSPS) is 9.11. The van der Waals surface area contributed by atoms with Crippen molar-refractivity contribution in [2.75, 3.05) is 0 Å². The Bertz CT molecular complexity index is 3000. The number of hydrogen-bond donors (Lipinski definition) is 0. The lowest BCUT2D eigenvalue weighted by molar-refractivity contribution is -0.193. The largest absolute Gasteiger partial charge is 0.373 e. The van der Waals surface area contributed by atoms with Gasteiger partial charge in [0.2, 0.25) is 0 Å². The molecule has 100 heavy (non-hydrogen) atoms. The number of aryl methyl sites for hydroxylation is 3. The smallest absolute Gasteiger partial charge is 0.264 e. The Morgan fingerprint density at radius 1 is 0.250 bits per heavy atom. The van der Waals surface area contributed by atoms with E-state index in [-0.39, 0.29) is 30.8 Å². The molecule has 0 aromatic carbocycles. The molecule has 9 aromatic heterocycles. The lowest BCUT2D eigenvalue weighted by atomic mass is 10.1. The molecule has 9 aromatic rings. The van der Waals surface area contributed by atoms with Crippen LogP contribution in [0.4, 0.5) is 0 Å². The third-order valence-electron chi connectivity index (χ3n) is 11.8. The molecule has 0 spiro atoms. The fourth-order valence-electron chi connectivity index (χ4n) is 6.16. The first-order valence-corrected chi connectivity index (χ1v) is 31.9. The number of nitrogens with zero attached hydrogens (tertiary/aromatic N) is 15. The van der Waals surface area contributed by atoms with Gasteiger partial charge in [-0.15, -0.1) is 5.10 Å². The van der Waals surface area contributed by atoms with Crippen LogP contribution in [-0.2, 0) is 47.9 Å². The van der Waals surface area contributed by atoms with Crippen molar-refractivity contribution in [3.63, 3.8) is 0 Å². The number of pyridine rings is 3. The number of hydrogen-bond acceptors (Lipinski definition) is 25. The van der Waals surface area contributed by atoms with Crippen molar-refractivity contribution in [1.29, 1.82) is 0 Å². The Labute approximate surface area is 594 Å². The molecule has 0 saturated heterocycles. The first kappa shape index (κ1) is 97.8. The SMILES string of the molecule is CC(C)c1ccc(Cl)nn1.CC(C)c1ccccn1.CC(C)c1cccnc1.CC(C)c1cccnc1.CC(C)c1cnccn1.CC(C)c1cnccn1.Cc1ccc(C(C)C)nn1.Cc1ccc(C(C)C)nn1.Cc1ccc(C(C)C)nn1.O=C=O.O=C=O.O=C=O.O=C=O.O=C=O. The van der Waals surface area contributed by atoms with Crippen molar-refractivity contribution in [2.24, 2.45) is 0 Å². The number of halogens is 1. The van der Waals surface area contributed by atoms with E-state index in [1.165, 1.54) is 11.1 Å². The van der Waals surface area contributed by atoms with Crippen LogP contribution in [0.3, 0.4) is 0 Å². The molecule has 0 saturated carbocycles. The first-order valence-electron chi connectivity index (χ1n) is 31.5. The zero-order valence-electron chi connectivity index (χ0n) is 61.4. The van der Waals surface area contributed by atoms with Crippen molar-refractivity contribution in [2.45, 2.75) is 199 Å². The van der Waals surface area contributed by atoms with Crippen molar-refractivity contribution < 1.29 is 47.9 Å². The van der Waals surface area contributed by atoms with Crippen LogP contribution in [0.5, 0.6) is 0 Å². The number of carbonyl (C=O) groups excluding carboxylic acids is 10. The van der Waals surface area contributed by atoms with E-state index in [1.54, 1.807) is 55.6 Å². The van der Waals surface area contributed by atoms with Crippen LogP contribution in [0.1, 0.15) is 246 Å². The highest BCUT2D eigenvalue weighted by Crippen LogP contribution is 2.15. The highest BCUT2D eigenvalue weighted by molar-refractivity contribution is 6.29. The predicted octanol–water partition coefficient (Wildman–Crippen LogP) is 14.9. The van der Waals surface area contributed by atoms with Crippen molar-refractivity contribution in [3.05, 3.63) is 232 Å². The molecular formula is C74H98ClN15O10. The molecule has 26 heteroatoms. The minimum atomic E-state index is 0.250. The summed E-state index contributed by atoms with van der Waals surface area (Å²) < 4.78 is 0. The van der Waals surface area contributed by atoms with Crippen LogP contribution in [0, 0.1) is 20.8 Å². The lowest BCUT2D eigenvalue weighted by Gasteiger charge is -2.00. The molecule has 0 unspecified atom stereocenters. The van der Waals surface area contributed by atoms with E-state index < -0.39 is 0 Å². The molecule has 0 amide bonds. The van der Waals surface area contributed by atoms with Gasteiger partial charge < -0.3 is 0 Å². The second kappa shape index (κ2) is 65.4. The number of aromatic nitrogens is 15. The molecule has 536 valence electrons. The maximum atomic E-state index is 8.12. The van der Waals surface area contributed by atoms with E-state index in [0.29, 0.717) is 58.4 Å². The third-order valence-corrected chi connectivity index (χ3v) is 12.0. The Kier molecular flexibility index (Phi) is 64.0. The topological polar surface area (TPSA) is 364 Å². The van der Waals surface area contributed by atoms with Gasteiger partial charge in [-0.05, 0) is 158 Å². The van der Waals surface area contributed by atoms with Gasteiger partial charge in [0, 0.05) is 73.9 Å². The van der Waals surface area contributed by atoms with Gasteiger partial charge in [-0.3, -0.25) is 34.9 Å². The van der Waals surface area contributed by atoms with Gasteiger partial charge in [-0.25, -0.2) is 0 Å². The van der Waals surface area contributed by atoms with Crippen LogP contribution in [0.15, 0.2) is 159 Å². The Hall–Kier alpha value is -10.9. The molecular weight excluding hydrogens is 1290 g/mol. The van der Waals surface area contributed by atoms with E-state index in [0.717, 1.165) is 56.9 Å². The minimum absolute atomic E-state index is 0.250. The van der Waals surface area contributed by atoms with Gasteiger partial charge in [0.05, 0.1) is 51.2 Å². The standard InChI is InChI=1S/3C8H12N2.3C8H11N.C7H9ClN2.2C7H10N2.5CO2/c3*1-6(2)8-5-4-7(3)9-10-8;2*1-7(2)8-4-3-5-9-6-8;1-7(2)8-5-3-4-6-9-8;1-5(2)6-3-4-7(8)10-9-6;2*1-6(2)7-5-8-3-4-9-7;5*2-1-3/h3*4-6H,1-3H3;3*3-7H,1-2H3;3-5H,1-2H3;2*3-6H,1-2H3;;;;;. The zero-order valence-corrected chi connectivity index (χ0v) is 62.1. The quantitative estimate of drug-likeness (QED) is 0.129. The Balaban J connectivity index is -0.000000330. The van der Waals surface area contributed by atoms with Crippen LogP contribution in [0.25, 0.3) is 0 Å². The van der Waals surface area contributed by atoms with Gasteiger partial charge in [0.25, 0.3) is 0 Å². The molecule has 0 bridgehead atoms. The molecule has 25 nitrogen and oxygen atoms in total. The van der Waals surface area contributed by atoms with E-state index in [4.69, 9.17) is 59.5 Å². The first-order chi connectivity index (χ1) is 47.4. The highest BCUT2D eigenvalue weighted by atomic mass is 35.5. The summed E-state index contributed by atoms with van der Waals surface area (Å²) in [5.41, 5.74) is 13.0. The van der Waals surface area contributed by atoms with Gasteiger partial charge in [-0.2, -0.15) is 83.6 Å². The summed E-state index contributed by atoms with van der Waals surface area (Å²) >= 11 is 5.54. The molecule has 9 rings (SSSR count). The average molecular weight is 1390 g/mol. The molecule has 0 aliphatic carbocycles. The summed E-state index contributed by atoms with van der Waals surface area (Å²) in [5, 5.41) is 32.0. The maximum Gasteiger partial charge on any atom is 0.373 e. The second-order valence-corrected chi connectivity index (χ2v) is 23.4. The van der Waals surface area contributed by atoms with E-state index in [1.807, 2.05) is 112 Å². The van der Waals surface area contributed by atoms with Crippen LogP contribution in [0.2, 0.25) is 5.15 Å². The van der Waals surface area contributed by atoms with Crippen LogP contribution < -0.4 is 0 Å². The highest BCUT2D eigenvalue weighted by Gasteiger charge is 2.03. The maximum absolute atomic E-state index is 8.12. The van der Waals surface area contributed by atoms with E-state index in [2.05, 4.69) is 212 Å². The van der Waals surface area contributed by atoms with Gasteiger partial charge in [-0.1, -0.05) is 154 Å². The molecule has 0 radical (unpaired) electrons. The summed E-state index contributed by atoms with van der Waals surface area (Å²) in [5.74, 6) is 4.57. The van der Waals surface area contributed by atoms with Gasteiger partial charge in [0.1, 0.15) is 0 Å². The van der Waals surface area contributed by atoms with E-state index >= 15 is 0 Å². The van der Waals surface area contributed by atoms with Crippen LogP contribution >= 0.6 is 11.6 Å². The molecule has 0 atom stereocenters. The van der Waals surface area contributed by atoms with Crippen molar-refractivity contribution in [1.82, 2.24) is 75.7 Å². The van der Waals surface area contributed by atoms with Gasteiger partial charge in [0.15, 0.2) is 5.15 Å². The van der Waals surface area contributed by atoms with Crippen LogP contribution in [-0.4, -0.2) is 106 Å². The Morgan fingerprint density at radius 2 is 0.520 bits per heavy atom. The van der Waals surface area contributed by atoms with Crippen molar-refractivity contribution >= 4 is 42.4 Å². The second-order valence-electron chi connectivity index (χ2n) is 23.0. The molecule has 0 aliphatic heterocycles. The lowest BCUT2D eigenvalue weighted by Crippen LogP contribution is -1.95. The molecule has 0 aliphatic rings. The minimum Gasteiger partial charge on any atom is -0.264 e. The zero-order chi connectivity index (χ0) is 77.2. The fourth-order valence-corrected chi connectivity index (χ4v) is 6.26. The fraction of sp³-hybridized carbons (Fsp3) is 0.405. The summed E-state index contributed by atoms with van der Waals surface area (Å²) in [6, 6.07) is 29.8. The number of rotatable bonds is 9. The summed E-state index contributed by atoms with van der Waals surface area (Å²) in [4.78, 5) is 110. The predicted molar refractivity (Wildman–Crippen MR) is 376 cm³/mol. The summed E-state index contributed by atoms with van der Waals surface area (Å²) in [6.45, 7) is 44.0. The monoisotopic (exact) mass is 1390 g/mol.